The van der Waals surface area contributed by atoms with Gasteiger partial charge < -0.3 is 11.1 Å². The quantitative estimate of drug-likeness (QED) is 0.815. The van der Waals surface area contributed by atoms with Crippen molar-refractivity contribution in [3.63, 3.8) is 0 Å². The Kier molecular flexibility index (Phi) is 5.70. The summed E-state index contributed by atoms with van der Waals surface area (Å²) in [6.07, 6.45) is 0. The molecule has 22 heavy (non-hydrogen) atoms. The van der Waals surface area contributed by atoms with Gasteiger partial charge in [-0.3, -0.25) is 4.79 Å². The molecule has 0 bridgehead atoms. The number of nitrogens with two attached hydrogens (primary N) is 1. The molecule has 0 unspecified atom stereocenters. The molecule has 2 rings (SSSR count). The van der Waals surface area contributed by atoms with Gasteiger partial charge in [-0.2, -0.15) is 0 Å². The number of halogens is 3. The third-order valence-corrected chi connectivity index (χ3v) is 3.76. The maximum atomic E-state index is 12.0. The van der Waals surface area contributed by atoms with Crippen LogP contribution >= 0.6 is 34.8 Å². The van der Waals surface area contributed by atoms with E-state index in [1.807, 2.05) is 60.7 Å². The summed E-state index contributed by atoms with van der Waals surface area (Å²) in [4.78, 5) is 12.0. The second-order valence-corrected chi connectivity index (χ2v) is 7.08. The lowest BCUT2D eigenvalue weighted by Gasteiger charge is -2.27. The van der Waals surface area contributed by atoms with Crippen LogP contribution in [0.2, 0.25) is 0 Å². The third-order valence-electron chi connectivity index (χ3n) is 3.25. The van der Waals surface area contributed by atoms with Crippen molar-refractivity contribution in [2.24, 2.45) is 5.73 Å². The predicted molar refractivity (Wildman–Crippen MR) is 91.0 cm³/mol. The minimum absolute atomic E-state index is 0.472. The number of hydrogen-bond donors (Lipinski definition) is 2. The van der Waals surface area contributed by atoms with Crippen molar-refractivity contribution in [2.75, 3.05) is 0 Å². The van der Waals surface area contributed by atoms with Gasteiger partial charge in [-0.05, 0) is 11.1 Å². The Balaban J connectivity index is 2.32. The molecule has 0 aliphatic heterocycles. The number of rotatable bonds is 4. The molecule has 2 aromatic rings. The van der Waals surface area contributed by atoms with E-state index >= 15 is 0 Å². The van der Waals surface area contributed by atoms with Gasteiger partial charge in [-0.25, -0.2) is 0 Å². The van der Waals surface area contributed by atoms with Crippen molar-refractivity contribution in [1.82, 2.24) is 5.32 Å². The predicted octanol–water partition coefficient (Wildman–Crippen LogP) is 3.91. The zero-order valence-corrected chi connectivity index (χ0v) is 13.8. The van der Waals surface area contributed by atoms with Crippen LogP contribution in [0.25, 0.3) is 0 Å². The van der Waals surface area contributed by atoms with Gasteiger partial charge in [0.1, 0.15) is 0 Å². The van der Waals surface area contributed by atoms with Crippen molar-refractivity contribution in [1.29, 1.82) is 0 Å². The fourth-order valence-electron chi connectivity index (χ4n) is 2.13. The van der Waals surface area contributed by atoms with Crippen molar-refractivity contribution in [3.05, 3.63) is 71.8 Å². The highest BCUT2D eigenvalue weighted by Gasteiger charge is 2.34. The van der Waals surface area contributed by atoms with Crippen molar-refractivity contribution in [3.8, 4) is 0 Å². The topological polar surface area (TPSA) is 55.1 Å². The minimum Gasteiger partial charge on any atom is -0.344 e. The maximum Gasteiger partial charge on any atom is 0.272 e. The van der Waals surface area contributed by atoms with E-state index in [-0.39, 0.29) is 0 Å². The number of amides is 1. The third kappa shape index (κ3) is 4.37. The molecule has 3 N–H and O–H groups in total. The molecular formula is C16H15Cl3N2O. The van der Waals surface area contributed by atoms with Crippen LogP contribution in [0.5, 0.6) is 0 Å². The van der Waals surface area contributed by atoms with Crippen LogP contribution in [0.1, 0.15) is 23.2 Å². The summed E-state index contributed by atoms with van der Waals surface area (Å²) in [5.41, 5.74) is 8.03. The molecule has 0 saturated carbocycles. The van der Waals surface area contributed by atoms with E-state index in [0.717, 1.165) is 11.1 Å². The molecule has 3 nitrogen and oxygen atoms in total. The number of benzene rings is 2. The van der Waals surface area contributed by atoms with Crippen LogP contribution in [-0.4, -0.2) is 9.70 Å². The van der Waals surface area contributed by atoms with Gasteiger partial charge in [-0.1, -0.05) is 95.5 Å². The lowest BCUT2D eigenvalue weighted by atomic mass is 9.94. The zero-order chi connectivity index (χ0) is 16.2. The summed E-state index contributed by atoms with van der Waals surface area (Å²) >= 11 is 16.9. The van der Waals surface area contributed by atoms with Gasteiger partial charge >= 0.3 is 0 Å². The second kappa shape index (κ2) is 7.34. The van der Waals surface area contributed by atoms with E-state index in [0.29, 0.717) is 0 Å². The van der Waals surface area contributed by atoms with Gasteiger partial charge in [0.15, 0.2) is 0 Å². The van der Waals surface area contributed by atoms with Crippen LogP contribution in [-0.2, 0) is 4.79 Å². The second-order valence-electron chi connectivity index (χ2n) is 4.80. The van der Waals surface area contributed by atoms with Crippen molar-refractivity contribution in [2.45, 2.75) is 15.9 Å². The molecule has 0 fully saturated rings. The fraction of sp³-hybridized carbons (Fsp3) is 0.188. The molecule has 0 spiro atoms. The summed E-state index contributed by atoms with van der Waals surface area (Å²) < 4.78 is -2.04. The average Bonchev–Trinajstić information content (AvgIpc) is 2.52. The normalized spacial score (nSPS) is 14.2. The molecule has 0 saturated heterocycles. The Labute approximate surface area is 144 Å². The molecule has 6 heteroatoms. The van der Waals surface area contributed by atoms with E-state index in [1.165, 1.54) is 0 Å². The van der Waals surface area contributed by atoms with Crippen LogP contribution in [0, 0.1) is 0 Å². The van der Waals surface area contributed by atoms with Crippen LogP contribution < -0.4 is 11.1 Å². The van der Waals surface area contributed by atoms with Gasteiger partial charge in [-0.15, -0.1) is 0 Å². The summed E-state index contributed by atoms with van der Waals surface area (Å²) in [7, 11) is 0. The van der Waals surface area contributed by atoms with E-state index in [9.17, 15) is 4.79 Å². The lowest BCUT2D eigenvalue weighted by molar-refractivity contribution is -0.121. The Bertz CT molecular complexity index is 614. The fourth-order valence-corrected chi connectivity index (χ4v) is 2.30. The number of carbonyl (C=O) groups excluding carboxylic acids is 1. The van der Waals surface area contributed by atoms with Crippen LogP contribution in [0.3, 0.4) is 0 Å². The highest BCUT2D eigenvalue weighted by molar-refractivity contribution is 6.76. The summed E-state index contributed by atoms with van der Waals surface area (Å²) in [6, 6.07) is 17.8. The highest BCUT2D eigenvalue weighted by atomic mass is 35.6. The summed E-state index contributed by atoms with van der Waals surface area (Å²) in [5.74, 6) is -0.710. The summed E-state index contributed by atoms with van der Waals surface area (Å²) in [6.45, 7) is 0. The molecule has 1 amide bonds. The largest absolute Gasteiger partial charge is 0.344 e. The molecular weight excluding hydrogens is 343 g/mol. The molecule has 0 aliphatic carbocycles. The molecule has 0 aliphatic rings. The minimum atomic E-state index is -2.04. The van der Waals surface area contributed by atoms with Gasteiger partial charge in [0.25, 0.3) is 9.70 Å². The van der Waals surface area contributed by atoms with Gasteiger partial charge in [0, 0.05) is 0 Å². The molecule has 0 radical (unpaired) electrons. The molecule has 116 valence electrons. The van der Waals surface area contributed by atoms with E-state index in [4.69, 9.17) is 40.5 Å². The zero-order valence-electron chi connectivity index (χ0n) is 11.5. The molecule has 2 atom stereocenters. The summed E-state index contributed by atoms with van der Waals surface area (Å²) in [5, 5.41) is 2.71. The van der Waals surface area contributed by atoms with Crippen LogP contribution in [0.15, 0.2) is 60.7 Å². The smallest absolute Gasteiger partial charge is 0.272 e. The number of carbonyl (C=O) groups is 1. The van der Waals surface area contributed by atoms with E-state index in [2.05, 4.69) is 5.32 Å². The van der Waals surface area contributed by atoms with Gasteiger partial charge in [0.05, 0.1) is 12.1 Å². The van der Waals surface area contributed by atoms with Gasteiger partial charge in [0.2, 0.25) is 0 Å². The number of nitrogens with one attached hydrogen (secondary N) is 1. The Morgan fingerprint density at radius 1 is 0.909 bits per heavy atom. The Hall–Kier alpha value is -1.26. The molecule has 0 aromatic heterocycles. The first-order valence-electron chi connectivity index (χ1n) is 6.63. The first kappa shape index (κ1) is 17.1. The molecule has 2 aromatic carbocycles. The standard InChI is InChI=1S/C16H15Cl3N2O/c17-16(18,19)15(22)21-14(12-9-5-2-6-10-12)13(20)11-7-3-1-4-8-11/h1-10,13-14H,20H2,(H,21,22)/t13-,14-/m1/s1. The maximum absolute atomic E-state index is 12.0. The monoisotopic (exact) mass is 356 g/mol. The highest BCUT2D eigenvalue weighted by Crippen LogP contribution is 2.31. The lowest BCUT2D eigenvalue weighted by Crippen LogP contribution is -2.41. The number of alkyl halides is 3. The molecule has 0 heterocycles. The number of hydrogen-bond acceptors (Lipinski definition) is 2. The Morgan fingerprint density at radius 3 is 1.82 bits per heavy atom. The van der Waals surface area contributed by atoms with Crippen molar-refractivity contribution >= 4 is 40.7 Å². The Morgan fingerprint density at radius 2 is 1.36 bits per heavy atom. The first-order chi connectivity index (χ1) is 10.4. The van der Waals surface area contributed by atoms with E-state index in [1.54, 1.807) is 0 Å². The van der Waals surface area contributed by atoms with Crippen LogP contribution in [0.4, 0.5) is 0 Å². The van der Waals surface area contributed by atoms with E-state index < -0.39 is 21.8 Å². The average molecular weight is 358 g/mol. The first-order valence-corrected chi connectivity index (χ1v) is 7.76. The SMILES string of the molecule is N[C@H](c1ccccc1)[C@H](NC(=O)C(Cl)(Cl)Cl)c1ccccc1. The van der Waals surface area contributed by atoms with Crippen molar-refractivity contribution < 1.29 is 4.79 Å².